The first-order chi connectivity index (χ1) is 9.58. The number of hydrogen-bond acceptors (Lipinski definition) is 1. The van der Waals surface area contributed by atoms with Crippen molar-refractivity contribution >= 4 is 5.57 Å². The van der Waals surface area contributed by atoms with Crippen molar-refractivity contribution in [2.24, 2.45) is 0 Å². The summed E-state index contributed by atoms with van der Waals surface area (Å²) in [6.45, 7) is 8.19. The van der Waals surface area contributed by atoms with Gasteiger partial charge in [0.1, 0.15) is 11.9 Å². The summed E-state index contributed by atoms with van der Waals surface area (Å²) in [5.74, 6) is -0.466. The van der Waals surface area contributed by atoms with Crippen molar-refractivity contribution in [1.82, 2.24) is 0 Å². The molecule has 0 aliphatic heterocycles. The zero-order valence-electron chi connectivity index (χ0n) is 12.4. The predicted molar refractivity (Wildman–Crippen MR) is 82.7 cm³/mol. The molecule has 0 atom stereocenters. The summed E-state index contributed by atoms with van der Waals surface area (Å²) in [5, 5.41) is 8.72. The van der Waals surface area contributed by atoms with Gasteiger partial charge in [0.05, 0.1) is 5.56 Å². The fourth-order valence-corrected chi connectivity index (χ4v) is 2.09. The standard InChI is InChI=1S/C18H22FN/c1-4-5-6-7-8-14(2)11-15(3)16-9-10-17(13-20)18(19)12-16/h9-12H,2,4-8H2,1,3H3/b15-11+. The fourth-order valence-electron chi connectivity index (χ4n) is 2.09. The van der Waals surface area contributed by atoms with Crippen molar-refractivity contribution in [3.63, 3.8) is 0 Å². The molecule has 2 heteroatoms. The maximum absolute atomic E-state index is 13.6. The molecule has 1 aromatic carbocycles. The molecule has 0 saturated heterocycles. The number of allylic oxidation sites excluding steroid dienone is 3. The van der Waals surface area contributed by atoms with Crippen LogP contribution in [0.25, 0.3) is 5.57 Å². The summed E-state index contributed by atoms with van der Waals surface area (Å²) in [7, 11) is 0. The summed E-state index contributed by atoms with van der Waals surface area (Å²) in [5.41, 5.74) is 2.94. The van der Waals surface area contributed by atoms with E-state index in [4.69, 9.17) is 5.26 Å². The summed E-state index contributed by atoms with van der Waals surface area (Å²) < 4.78 is 13.6. The number of unbranched alkanes of at least 4 members (excludes halogenated alkanes) is 3. The maximum Gasteiger partial charge on any atom is 0.141 e. The predicted octanol–water partition coefficient (Wildman–Crippen LogP) is 5.63. The Hall–Kier alpha value is -1.88. The molecule has 0 amide bonds. The maximum atomic E-state index is 13.6. The van der Waals surface area contributed by atoms with Crippen LogP contribution in [-0.2, 0) is 0 Å². The Balaban J connectivity index is 2.67. The fraction of sp³-hybridized carbons (Fsp3) is 0.389. The largest absolute Gasteiger partial charge is 0.206 e. The highest BCUT2D eigenvalue weighted by Crippen LogP contribution is 2.20. The van der Waals surface area contributed by atoms with Crippen LogP contribution in [0.1, 0.15) is 57.1 Å². The van der Waals surface area contributed by atoms with Crippen molar-refractivity contribution < 1.29 is 4.39 Å². The number of benzene rings is 1. The molecule has 1 nitrogen and oxygen atoms in total. The molecule has 0 N–H and O–H groups in total. The molecular weight excluding hydrogens is 249 g/mol. The van der Waals surface area contributed by atoms with E-state index in [0.29, 0.717) is 0 Å². The Bertz CT molecular complexity index is 535. The van der Waals surface area contributed by atoms with Crippen LogP contribution in [0.4, 0.5) is 4.39 Å². The van der Waals surface area contributed by atoms with Gasteiger partial charge in [-0.3, -0.25) is 0 Å². The average Bonchev–Trinajstić information content (AvgIpc) is 2.43. The molecule has 0 saturated carbocycles. The van der Waals surface area contributed by atoms with Crippen LogP contribution in [0, 0.1) is 17.1 Å². The van der Waals surface area contributed by atoms with Gasteiger partial charge in [0.2, 0.25) is 0 Å². The van der Waals surface area contributed by atoms with Gasteiger partial charge in [-0.2, -0.15) is 5.26 Å². The minimum absolute atomic E-state index is 0.0833. The number of nitriles is 1. The van der Waals surface area contributed by atoms with Crippen LogP contribution < -0.4 is 0 Å². The molecule has 106 valence electrons. The summed E-state index contributed by atoms with van der Waals surface area (Å²) in [4.78, 5) is 0. The van der Waals surface area contributed by atoms with E-state index >= 15 is 0 Å². The molecule has 0 heterocycles. The van der Waals surface area contributed by atoms with E-state index in [1.165, 1.54) is 31.4 Å². The third-order valence-corrected chi connectivity index (χ3v) is 3.32. The molecule has 0 fully saturated rings. The van der Waals surface area contributed by atoms with Gasteiger partial charge in [-0.15, -0.1) is 0 Å². The van der Waals surface area contributed by atoms with E-state index in [9.17, 15) is 4.39 Å². The molecule has 0 unspecified atom stereocenters. The molecule has 1 aromatic rings. The monoisotopic (exact) mass is 271 g/mol. The smallest absolute Gasteiger partial charge is 0.141 e. The van der Waals surface area contributed by atoms with E-state index in [-0.39, 0.29) is 5.56 Å². The number of hydrogen-bond donors (Lipinski definition) is 0. The first-order valence-electron chi connectivity index (χ1n) is 7.14. The summed E-state index contributed by atoms with van der Waals surface area (Å²) >= 11 is 0. The molecule has 1 rings (SSSR count). The molecule has 20 heavy (non-hydrogen) atoms. The number of halogens is 1. The minimum Gasteiger partial charge on any atom is -0.206 e. The van der Waals surface area contributed by atoms with E-state index < -0.39 is 5.82 Å². The molecule has 0 radical (unpaired) electrons. The molecule has 0 aliphatic rings. The third kappa shape index (κ3) is 5.01. The van der Waals surface area contributed by atoms with Crippen molar-refractivity contribution in [1.29, 1.82) is 5.26 Å². The van der Waals surface area contributed by atoms with Gasteiger partial charge in [0, 0.05) is 0 Å². The normalized spacial score (nSPS) is 11.2. The lowest BCUT2D eigenvalue weighted by atomic mass is 10.0. The van der Waals surface area contributed by atoms with E-state index in [1.54, 1.807) is 6.07 Å². The van der Waals surface area contributed by atoms with Gasteiger partial charge in [0.15, 0.2) is 0 Å². The lowest BCUT2D eigenvalue weighted by molar-refractivity contribution is 0.623. The summed E-state index contributed by atoms with van der Waals surface area (Å²) in [6.07, 6.45) is 7.86. The van der Waals surface area contributed by atoms with Crippen molar-refractivity contribution in [2.75, 3.05) is 0 Å². The first kappa shape index (κ1) is 16.2. The van der Waals surface area contributed by atoms with E-state index in [0.717, 1.165) is 29.6 Å². The van der Waals surface area contributed by atoms with Crippen molar-refractivity contribution in [2.45, 2.75) is 46.0 Å². The molecule has 0 aromatic heterocycles. The van der Waals surface area contributed by atoms with Crippen LogP contribution in [0.15, 0.2) is 36.4 Å². The van der Waals surface area contributed by atoms with Crippen molar-refractivity contribution in [3.05, 3.63) is 53.4 Å². The zero-order chi connectivity index (χ0) is 15.0. The topological polar surface area (TPSA) is 23.8 Å². The van der Waals surface area contributed by atoms with Gasteiger partial charge in [0.25, 0.3) is 0 Å². The van der Waals surface area contributed by atoms with Crippen LogP contribution in [0.3, 0.4) is 0 Å². The van der Waals surface area contributed by atoms with Crippen molar-refractivity contribution in [3.8, 4) is 6.07 Å². The SMILES string of the molecule is C=C(/C=C(\C)c1ccc(C#N)c(F)c1)CCCCCC. The molecular formula is C18H22FN. The van der Waals surface area contributed by atoms with Gasteiger partial charge < -0.3 is 0 Å². The van der Waals surface area contributed by atoms with Gasteiger partial charge in [-0.25, -0.2) is 4.39 Å². The lowest BCUT2D eigenvalue weighted by Gasteiger charge is -2.05. The zero-order valence-corrected chi connectivity index (χ0v) is 12.4. The van der Waals surface area contributed by atoms with Crippen LogP contribution in [0.2, 0.25) is 0 Å². The Morgan fingerprint density at radius 2 is 2.10 bits per heavy atom. The second kappa shape index (κ2) is 8.32. The average molecular weight is 271 g/mol. The van der Waals surface area contributed by atoms with Gasteiger partial charge >= 0.3 is 0 Å². The van der Waals surface area contributed by atoms with Crippen LogP contribution >= 0.6 is 0 Å². The Morgan fingerprint density at radius 3 is 2.70 bits per heavy atom. The second-order valence-corrected chi connectivity index (χ2v) is 5.10. The lowest BCUT2D eigenvalue weighted by Crippen LogP contribution is -1.88. The molecule has 0 bridgehead atoms. The van der Waals surface area contributed by atoms with Crippen LogP contribution in [0.5, 0.6) is 0 Å². The highest BCUT2D eigenvalue weighted by molar-refractivity contribution is 5.66. The molecule has 0 spiro atoms. The highest BCUT2D eigenvalue weighted by Gasteiger charge is 2.04. The van der Waals surface area contributed by atoms with E-state index in [1.807, 2.05) is 19.1 Å². The Labute approximate surface area is 121 Å². The van der Waals surface area contributed by atoms with Gasteiger partial charge in [-0.1, -0.05) is 50.5 Å². The second-order valence-electron chi connectivity index (χ2n) is 5.10. The highest BCUT2D eigenvalue weighted by atomic mass is 19.1. The minimum atomic E-state index is -0.466. The van der Waals surface area contributed by atoms with E-state index in [2.05, 4.69) is 13.5 Å². The van der Waals surface area contributed by atoms with Crippen LogP contribution in [-0.4, -0.2) is 0 Å². The third-order valence-electron chi connectivity index (χ3n) is 3.32. The Morgan fingerprint density at radius 1 is 1.35 bits per heavy atom. The number of nitrogens with zero attached hydrogens (tertiary/aromatic N) is 1. The quantitative estimate of drug-likeness (QED) is 0.466. The molecule has 0 aliphatic carbocycles. The van der Waals surface area contributed by atoms with Gasteiger partial charge in [-0.05, 0) is 43.0 Å². The number of rotatable bonds is 7. The Kier molecular flexibility index (Phi) is 6.73. The first-order valence-corrected chi connectivity index (χ1v) is 7.14. The summed E-state index contributed by atoms with van der Waals surface area (Å²) in [6, 6.07) is 6.54.